The quantitative estimate of drug-likeness (QED) is 0.659. The summed E-state index contributed by atoms with van der Waals surface area (Å²) < 4.78 is 5.58. The number of rotatable bonds is 9. The number of para-hydroxylation sites is 1. The minimum atomic E-state index is 0.0711. The van der Waals surface area contributed by atoms with Gasteiger partial charge in [0.25, 0.3) is 0 Å². The molecule has 1 aromatic heterocycles. The minimum absolute atomic E-state index is 0.0711. The minimum Gasteiger partial charge on any atom is -0.367 e. The second-order valence-corrected chi connectivity index (χ2v) is 9.01. The Balaban J connectivity index is 1.53. The van der Waals surface area contributed by atoms with Gasteiger partial charge in [0.2, 0.25) is 5.91 Å². The lowest BCUT2D eigenvalue weighted by Gasteiger charge is -2.52. The number of hydrogen-bond donors (Lipinski definition) is 1. The fraction of sp³-hybridized carbons (Fsp3) is 0.583. The van der Waals surface area contributed by atoms with E-state index >= 15 is 0 Å². The normalized spacial score (nSPS) is 20.3. The van der Waals surface area contributed by atoms with Crippen LogP contribution in [0, 0.1) is 17.3 Å². The van der Waals surface area contributed by atoms with E-state index in [9.17, 15) is 4.79 Å². The van der Waals surface area contributed by atoms with Crippen LogP contribution in [0.25, 0.3) is 0 Å². The molecule has 2 aromatic rings. The highest BCUT2D eigenvalue weighted by Crippen LogP contribution is 2.48. The molecule has 5 nitrogen and oxygen atoms in total. The third kappa shape index (κ3) is 4.82. The van der Waals surface area contributed by atoms with Gasteiger partial charge in [-0.3, -0.25) is 4.79 Å². The van der Waals surface area contributed by atoms with Crippen molar-refractivity contribution in [2.24, 2.45) is 17.3 Å². The van der Waals surface area contributed by atoms with Crippen LogP contribution in [0.3, 0.4) is 0 Å². The predicted molar refractivity (Wildman–Crippen MR) is 117 cm³/mol. The van der Waals surface area contributed by atoms with E-state index in [-0.39, 0.29) is 23.3 Å². The predicted octanol–water partition coefficient (Wildman–Crippen LogP) is 4.82. The Morgan fingerprint density at radius 2 is 1.97 bits per heavy atom. The molecule has 0 saturated heterocycles. The zero-order chi connectivity index (χ0) is 21.0. The van der Waals surface area contributed by atoms with Gasteiger partial charge in [-0.2, -0.15) is 0 Å². The number of carbonyl (C=O) groups excluding carboxylic acids is 1. The number of hydrogen-bond acceptors (Lipinski definition) is 4. The number of anilines is 1. The number of amides is 1. The van der Waals surface area contributed by atoms with Crippen molar-refractivity contribution in [1.82, 2.24) is 10.5 Å². The van der Waals surface area contributed by atoms with E-state index in [0.29, 0.717) is 12.5 Å². The van der Waals surface area contributed by atoms with Crippen molar-refractivity contribution < 1.29 is 9.32 Å². The maximum atomic E-state index is 12.4. The summed E-state index contributed by atoms with van der Waals surface area (Å²) in [7, 11) is 2.06. The van der Waals surface area contributed by atoms with Crippen molar-refractivity contribution in [2.75, 3.05) is 11.9 Å². The first kappa shape index (κ1) is 21.4. The largest absolute Gasteiger partial charge is 0.367 e. The molecule has 1 N–H and O–H groups in total. The van der Waals surface area contributed by atoms with Gasteiger partial charge in [-0.05, 0) is 49.1 Å². The van der Waals surface area contributed by atoms with Crippen molar-refractivity contribution in [3.8, 4) is 0 Å². The highest BCUT2D eigenvalue weighted by Gasteiger charge is 2.49. The molecular formula is C24H35N3O2. The van der Waals surface area contributed by atoms with E-state index in [4.69, 9.17) is 4.52 Å². The molecular weight excluding hydrogens is 362 g/mol. The lowest BCUT2D eigenvalue weighted by molar-refractivity contribution is -0.129. The van der Waals surface area contributed by atoms with Crippen LogP contribution in [0.4, 0.5) is 5.69 Å². The Labute approximate surface area is 174 Å². The highest BCUT2D eigenvalue weighted by atomic mass is 16.5. The van der Waals surface area contributed by atoms with E-state index in [1.807, 2.05) is 18.2 Å². The maximum absolute atomic E-state index is 12.4. The van der Waals surface area contributed by atoms with Gasteiger partial charge in [0, 0.05) is 30.8 Å². The second-order valence-electron chi connectivity index (χ2n) is 9.01. The number of benzene rings is 1. The van der Waals surface area contributed by atoms with Gasteiger partial charge in [-0.25, -0.2) is 0 Å². The van der Waals surface area contributed by atoms with Crippen LogP contribution in [0.5, 0.6) is 0 Å². The van der Waals surface area contributed by atoms with Crippen LogP contribution in [0.1, 0.15) is 58.4 Å². The van der Waals surface area contributed by atoms with E-state index in [1.54, 1.807) is 0 Å². The van der Waals surface area contributed by atoms with Crippen LogP contribution >= 0.6 is 0 Å². The van der Waals surface area contributed by atoms with Crippen molar-refractivity contribution in [3.05, 3.63) is 47.9 Å². The summed E-state index contributed by atoms with van der Waals surface area (Å²) >= 11 is 0. The summed E-state index contributed by atoms with van der Waals surface area (Å²) in [6, 6.07) is 12.6. The molecule has 1 fully saturated rings. The standard InChI is InChI=1S/C24H35N3O2/c1-6-17(7-2)23(28)25-22-14-18(24(22,3)4)13-19-15-21(29-26-19)16-27(5)20-11-9-8-10-12-20/h8-12,15,17-18,22H,6-7,13-14,16H2,1-5H3,(H,25,28). The molecule has 1 saturated carbocycles. The first-order chi connectivity index (χ1) is 13.8. The summed E-state index contributed by atoms with van der Waals surface area (Å²) in [6.07, 6.45) is 3.70. The summed E-state index contributed by atoms with van der Waals surface area (Å²) in [4.78, 5) is 14.6. The SMILES string of the molecule is CCC(CC)C(=O)NC1CC(Cc2cc(CN(C)c3ccccc3)on2)C1(C)C. The number of nitrogens with zero attached hydrogens (tertiary/aromatic N) is 2. The molecule has 3 rings (SSSR count). The molecule has 1 aliphatic rings. The van der Waals surface area contributed by atoms with Crippen molar-refractivity contribution in [1.29, 1.82) is 0 Å². The van der Waals surface area contributed by atoms with Crippen molar-refractivity contribution >= 4 is 11.6 Å². The highest BCUT2D eigenvalue weighted by molar-refractivity contribution is 5.79. The molecule has 29 heavy (non-hydrogen) atoms. The Bertz CT molecular complexity index is 795. The van der Waals surface area contributed by atoms with Gasteiger partial charge in [0.1, 0.15) is 0 Å². The first-order valence-electron chi connectivity index (χ1n) is 10.9. The Kier molecular flexibility index (Phi) is 6.66. The third-order valence-corrected chi connectivity index (χ3v) is 6.80. The topological polar surface area (TPSA) is 58.4 Å². The Morgan fingerprint density at radius 3 is 2.59 bits per heavy atom. The van der Waals surface area contributed by atoms with Gasteiger partial charge < -0.3 is 14.7 Å². The third-order valence-electron chi connectivity index (χ3n) is 6.80. The molecule has 0 bridgehead atoms. The molecule has 1 heterocycles. The van der Waals surface area contributed by atoms with Gasteiger partial charge in [0.15, 0.2) is 5.76 Å². The Hall–Kier alpha value is -2.30. The van der Waals surface area contributed by atoms with Crippen LogP contribution < -0.4 is 10.2 Å². The average Bonchev–Trinajstić information content (AvgIpc) is 3.15. The van der Waals surface area contributed by atoms with Crippen LogP contribution in [-0.4, -0.2) is 24.2 Å². The molecule has 0 radical (unpaired) electrons. The molecule has 158 valence electrons. The Morgan fingerprint density at radius 1 is 1.28 bits per heavy atom. The van der Waals surface area contributed by atoms with E-state index in [1.165, 1.54) is 0 Å². The van der Waals surface area contributed by atoms with Gasteiger partial charge >= 0.3 is 0 Å². The first-order valence-corrected chi connectivity index (χ1v) is 10.9. The van der Waals surface area contributed by atoms with E-state index in [0.717, 1.165) is 42.8 Å². The van der Waals surface area contributed by atoms with Crippen molar-refractivity contribution in [3.63, 3.8) is 0 Å². The maximum Gasteiger partial charge on any atom is 0.223 e. The lowest BCUT2D eigenvalue weighted by Crippen LogP contribution is -2.59. The molecule has 1 amide bonds. The zero-order valence-corrected chi connectivity index (χ0v) is 18.4. The fourth-order valence-electron chi connectivity index (χ4n) is 4.34. The molecule has 1 aliphatic carbocycles. The molecule has 0 spiro atoms. The van der Waals surface area contributed by atoms with Gasteiger partial charge in [0.05, 0.1) is 12.2 Å². The average molecular weight is 398 g/mol. The number of carbonyl (C=O) groups is 1. The van der Waals surface area contributed by atoms with E-state index in [2.05, 4.69) is 68.3 Å². The summed E-state index contributed by atoms with van der Waals surface area (Å²) in [6.45, 7) is 9.37. The number of nitrogens with one attached hydrogen (secondary N) is 1. The molecule has 0 aliphatic heterocycles. The summed E-state index contributed by atoms with van der Waals surface area (Å²) in [5, 5.41) is 7.59. The molecule has 2 unspecified atom stereocenters. The summed E-state index contributed by atoms with van der Waals surface area (Å²) in [5.41, 5.74) is 2.23. The molecule has 2 atom stereocenters. The van der Waals surface area contributed by atoms with Gasteiger partial charge in [-0.15, -0.1) is 0 Å². The second kappa shape index (κ2) is 9.02. The van der Waals surface area contributed by atoms with Crippen LogP contribution in [0.2, 0.25) is 0 Å². The zero-order valence-electron chi connectivity index (χ0n) is 18.4. The monoisotopic (exact) mass is 397 g/mol. The molecule has 1 aromatic carbocycles. The van der Waals surface area contributed by atoms with Gasteiger partial charge in [-0.1, -0.05) is 51.1 Å². The van der Waals surface area contributed by atoms with Crippen molar-refractivity contribution in [2.45, 2.75) is 66.0 Å². The number of aromatic nitrogens is 1. The fourth-order valence-corrected chi connectivity index (χ4v) is 4.34. The lowest BCUT2D eigenvalue weighted by atomic mass is 9.57. The van der Waals surface area contributed by atoms with Crippen LogP contribution in [0.15, 0.2) is 40.9 Å². The molecule has 5 heteroatoms. The van der Waals surface area contributed by atoms with Crippen LogP contribution in [-0.2, 0) is 17.8 Å². The van der Waals surface area contributed by atoms with E-state index < -0.39 is 0 Å². The summed E-state index contributed by atoms with van der Waals surface area (Å²) in [5.74, 6) is 1.71. The smallest absolute Gasteiger partial charge is 0.223 e.